The summed E-state index contributed by atoms with van der Waals surface area (Å²) in [6, 6.07) is 13.4. The number of ether oxygens (including phenoxy) is 2. The molecule has 53 heavy (non-hydrogen) atoms. The number of alkyl halides is 3. The van der Waals surface area contributed by atoms with Gasteiger partial charge >= 0.3 is 6.18 Å². The second kappa shape index (κ2) is 12.9. The van der Waals surface area contributed by atoms with Gasteiger partial charge in [0.2, 0.25) is 17.6 Å². The van der Waals surface area contributed by atoms with Crippen molar-refractivity contribution in [3.8, 4) is 17.2 Å². The van der Waals surface area contributed by atoms with Crippen LogP contribution in [0.1, 0.15) is 31.0 Å². The van der Waals surface area contributed by atoms with E-state index in [-0.39, 0.29) is 35.1 Å². The summed E-state index contributed by atoms with van der Waals surface area (Å²) in [6.07, 6.45) is 0.714. The molecule has 0 radical (unpaired) electrons. The van der Waals surface area contributed by atoms with E-state index in [2.05, 4.69) is 4.98 Å². The minimum absolute atomic E-state index is 0.0712. The van der Waals surface area contributed by atoms with Gasteiger partial charge in [-0.25, -0.2) is 9.88 Å². The Morgan fingerprint density at radius 3 is 2.26 bits per heavy atom. The topological polar surface area (TPSA) is 130 Å². The van der Waals surface area contributed by atoms with Gasteiger partial charge in [0.25, 0.3) is 11.8 Å². The van der Waals surface area contributed by atoms with Crippen LogP contribution < -0.4 is 19.4 Å². The highest BCUT2D eigenvalue weighted by atomic mass is 35.5. The lowest BCUT2D eigenvalue weighted by Crippen LogP contribution is -2.50. The number of pyridine rings is 1. The second-order valence-corrected chi connectivity index (χ2v) is 14.1. The zero-order valence-corrected chi connectivity index (χ0v) is 29.7. The van der Waals surface area contributed by atoms with Crippen LogP contribution in [-0.4, -0.2) is 60.0 Å². The van der Waals surface area contributed by atoms with Crippen LogP contribution in [0.2, 0.25) is 5.02 Å². The average molecular weight is 751 g/mol. The summed E-state index contributed by atoms with van der Waals surface area (Å²) in [5, 5.41) is 12.0. The summed E-state index contributed by atoms with van der Waals surface area (Å²) in [7, 11) is 4.03. The highest BCUT2D eigenvalue weighted by molar-refractivity contribution is 6.33. The number of amides is 4. The van der Waals surface area contributed by atoms with Gasteiger partial charge in [-0.05, 0) is 67.6 Å². The number of halogens is 4. The summed E-state index contributed by atoms with van der Waals surface area (Å²) in [5.41, 5.74) is -0.914. The lowest BCUT2D eigenvalue weighted by atomic mass is 9.52. The first-order valence-corrected chi connectivity index (χ1v) is 17.1. The van der Waals surface area contributed by atoms with E-state index in [0.29, 0.717) is 22.9 Å². The monoisotopic (exact) mass is 750 g/mol. The van der Waals surface area contributed by atoms with E-state index < -0.39 is 76.3 Å². The average Bonchev–Trinajstić information content (AvgIpc) is 3.50. The summed E-state index contributed by atoms with van der Waals surface area (Å²) in [5.74, 6) is -6.72. The van der Waals surface area contributed by atoms with Crippen LogP contribution in [0.5, 0.6) is 17.2 Å². The summed E-state index contributed by atoms with van der Waals surface area (Å²) in [4.78, 5) is 62.0. The van der Waals surface area contributed by atoms with Gasteiger partial charge in [-0.3, -0.25) is 24.2 Å². The molecule has 1 N–H and O–H groups in total. The zero-order valence-electron chi connectivity index (χ0n) is 28.9. The number of hydrogen-bond donors (Lipinski definition) is 1. The Hall–Kier alpha value is -5.37. The van der Waals surface area contributed by atoms with Gasteiger partial charge in [0.15, 0.2) is 17.3 Å². The number of benzene rings is 2. The number of anilines is 2. The number of methoxy groups -OCH3 is 2. The number of fused-ring (bicyclic) bond motifs is 4. The van der Waals surface area contributed by atoms with Gasteiger partial charge in [-0.15, -0.1) is 0 Å². The molecule has 3 fully saturated rings. The zero-order chi connectivity index (χ0) is 38.1. The molecule has 2 aliphatic carbocycles. The molecule has 4 amide bonds. The molecule has 0 bridgehead atoms. The van der Waals surface area contributed by atoms with Crippen LogP contribution in [0.4, 0.5) is 24.7 Å². The minimum Gasteiger partial charge on any atom is -0.502 e. The third kappa shape index (κ3) is 5.53. The van der Waals surface area contributed by atoms with Crippen LogP contribution in [0, 0.1) is 35.0 Å². The summed E-state index contributed by atoms with van der Waals surface area (Å²) < 4.78 is 51.4. The van der Waals surface area contributed by atoms with Gasteiger partial charge in [0.05, 0.1) is 48.1 Å². The number of aromatic nitrogens is 1. The quantitative estimate of drug-likeness (QED) is 0.218. The second-order valence-electron chi connectivity index (χ2n) is 13.7. The largest absolute Gasteiger partial charge is 0.502 e. The molecule has 2 aliphatic heterocycles. The number of hydrogen-bond acceptors (Lipinski definition) is 9. The van der Waals surface area contributed by atoms with Crippen molar-refractivity contribution < 1.29 is 46.9 Å². The molecular weight excluding hydrogens is 717 g/mol. The van der Waals surface area contributed by atoms with Crippen molar-refractivity contribution in [1.82, 2.24) is 9.99 Å². The Morgan fingerprint density at radius 1 is 0.981 bits per heavy atom. The van der Waals surface area contributed by atoms with E-state index in [1.807, 2.05) is 6.08 Å². The van der Waals surface area contributed by atoms with Gasteiger partial charge in [0.1, 0.15) is 5.69 Å². The molecular formula is C38H34ClF3N4O7. The van der Waals surface area contributed by atoms with Crippen LogP contribution in [0.15, 0.2) is 72.3 Å². The van der Waals surface area contributed by atoms with E-state index in [1.54, 1.807) is 61.5 Å². The standard InChI is InChI=1S/C38H34ClF3N4O7/c1-37-24(13-10-19-16-27(52-3)31(47)28(17-19)53-4)21-11-12-22-30(23(21)18-25(37)34(49)45(36(37)51)20-8-6-5-7-9-20)35(50)46(33(22)48)44(2)32-26(39)14-15-29(43-32)38(40,41)42/h5-11,13-17,22-25,30,47H,12,18H2,1-4H3/t22-,23+,24-,25-,30-,37-/m0/s1. The van der Waals surface area contributed by atoms with Crippen LogP contribution >= 0.6 is 11.6 Å². The van der Waals surface area contributed by atoms with E-state index in [0.717, 1.165) is 16.1 Å². The molecule has 2 aromatic carbocycles. The van der Waals surface area contributed by atoms with Crippen LogP contribution in [0.25, 0.3) is 6.08 Å². The predicted molar refractivity (Wildman–Crippen MR) is 187 cm³/mol. The van der Waals surface area contributed by atoms with Crippen molar-refractivity contribution in [2.75, 3.05) is 31.2 Å². The molecule has 4 aliphatic rings. The van der Waals surface area contributed by atoms with Crippen molar-refractivity contribution in [3.05, 3.63) is 88.6 Å². The summed E-state index contributed by atoms with van der Waals surface area (Å²) >= 11 is 6.26. The number of carbonyl (C=O) groups excluding carboxylic acids is 4. The third-order valence-electron chi connectivity index (χ3n) is 11.0. The minimum atomic E-state index is -4.81. The molecule has 11 nitrogen and oxygen atoms in total. The first kappa shape index (κ1) is 36.0. The Bertz CT molecular complexity index is 2080. The van der Waals surface area contributed by atoms with Crippen molar-refractivity contribution in [1.29, 1.82) is 0 Å². The molecule has 2 saturated heterocycles. The molecule has 0 spiro atoms. The maximum Gasteiger partial charge on any atom is 0.433 e. The number of phenolic OH excluding ortho intramolecular Hbond substituents is 1. The first-order chi connectivity index (χ1) is 25.1. The third-order valence-corrected chi connectivity index (χ3v) is 11.3. The molecule has 15 heteroatoms. The molecule has 3 aromatic rings. The maximum absolute atomic E-state index is 14.5. The Balaban J connectivity index is 1.31. The normalized spacial score (nSPS) is 26.8. The number of para-hydroxylation sites is 1. The van der Waals surface area contributed by atoms with Gasteiger partial charge in [-0.1, -0.05) is 53.6 Å². The van der Waals surface area contributed by atoms with Crippen LogP contribution in [-0.2, 0) is 25.4 Å². The van der Waals surface area contributed by atoms with E-state index in [4.69, 9.17) is 21.1 Å². The molecule has 7 rings (SSSR count). The fourth-order valence-corrected chi connectivity index (χ4v) is 8.68. The molecule has 3 heterocycles. The number of carbonyl (C=O) groups is 4. The molecule has 0 unspecified atom stereocenters. The van der Waals surface area contributed by atoms with Crippen LogP contribution in [0.3, 0.4) is 0 Å². The summed E-state index contributed by atoms with van der Waals surface area (Å²) in [6.45, 7) is 1.74. The SMILES string of the molecule is COc1cc(C=C[C@H]2C3=CC[C@@H]4C(=O)N(N(C)c5nc(C(F)(F)F)ccc5Cl)C(=O)[C@@H]4[C@@H]3C[C@H]3C(=O)N(c4ccccc4)C(=O)[C@@]23C)cc(OC)c1O. The van der Waals surface area contributed by atoms with Gasteiger partial charge in [0, 0.05) is 13.0 Å². The number of rotatable bonds is 7. The highest BCUT2D eigenvalue weighted by Crippen LogP contribution is 2.61. The molecule has 276 valence electrons. The van der Waals surface area contributed by atoms with E-state index in [1.165, 1.54) is 26.2 Å². The lowest BCUT2D eigenvalue weighted by Gasteiger charge is -2.47. The first-order valence-electron chi connectivity index (χ1n) is 16.7. The van der Waals surface area contributed by atoms with Crippen molar-refractivity contribution >= 4 is 52.8 Å². The predicted octanol–water partition coefficient (Wildman–Crippen LogP) is 6.30. The number of aromatic hydroxyl groups is 1. The Labute approximate surface area is 307 Å². The van der Waals surface area contributed by atoms with Crippen molar-refractivity contribution in [2.24, 2.45) is 35.0 Å². The number of allylic oxidation sites excluding steroid dienone is 3. The Morgan fingerprint density at radius 2 is 1.64 bits per heavy atom. The van der Waals surface area contributed by atoms with Crippen molar-refractivity contribution in [2.45, 2.75) is 25.9 Å². The molecule has 6 atom stereocenters. The highest BCUT2D eigenvalue weighted by Gasteiger charge is 2.67. The fraction of sp³-hybridized carbons (Fsp3) is 0.342. The van der Waals surface area contributed by atoms with Crippen molar-refractivity contribution in [3.63, 3.8) is 0 Å². The molecule has 1 saturated carbocycles. The number of imide groups is 2. The number of hydrazine groups is 1. The number of phenols is 1. The van der Waals surface area contributed by atoms with E-state index >= 15 is 0 Å². The van der Waals surface area contributed by atoms with Gasteiger partial charge in [-0.2, -0.15) is 18.2 Å². The lowest BCUT2D eigenvalue weighted by molar-refractivity contribution is -0.141. The van der Waals surface area contributed by atoms with Gasteiger partial charge < -0.3 is 14.6 Å². The number of nitrogens with zero attached hydrogens (tertiary/aromatic N) is 4. The fourth-order valence-electron chi connectivity index (χ4n) is 8.45. The Kier molecular flexibility index (Phi) is 8.79. The molecule has 1 aromatic heterocycles. The maximum atomic E-state index is 14.5. The van der Waals surface area contributed by atoms with E-state index in [9.17, 15) is 37.5 Å². The smallest absolute Gasteiger partial charge is 0.433 e.